The molecule has 6 N–H and O–H groups in total. The van der Waals surface area contributed by atoms with Crippen LogP contribution in [0.3, 0.4) is 0 Å². The summed E-state index contributed by atoms with van der Waals surface area (Å²) in [5.74, 6) is -2.32. The van der Waals surface area contributed by atoms with E-state index in [-0.39, 0.29) is 24.6 Å². The molecule has 10 nitrogen and oxygen atoms in total. The number of hydrogen-bond donors (Lipinski definition) is 5. The number of carbonyl (C=O) groups is 4. The van der Waals surface area contributed by atoms with Crippen molar-refractivity contribution in [1.82, 2.24) is 16.0 Å². The van der Waals surface area contributed by atoms with Crippen LogP contribution in [0.2, 0.25) is 0 Å². The molecule has 0 spiro atoms. The largest absolute Gasteiger partial charge is 0.508 e. The number of carbonyl (C=O) groups excluding carboxylic acids is 4. The number of phenols is 1. The van der Waals surface area contributed by atoms with E-state index in [1.807, 2.05) is 71.9 Å². The van der Waals surface area contributed by atoms with Crippen molar-refractivity contribution in [2.75, 3.05) is 13.7 Å². The van der Waals surface area contributed by atoms with E-state index >= 15 is 0 Å². The molecule has 1 unspecified atom stereocenters. The topological polar surface area (TPSA) is 160 Å². The summed E-state index contributed by atoms with van der Waals surface area (Å²) >= 11 is 0. The van der Waals surface area contributed by atoms with Crippen LogP contribution in [0.4, 0.5) is 0 Å². The standard InChI is InChI=1S/C34H46N4O6S2/c1-20-16-24(39)17-21(2)25(20)19-26(35)30(41)37-27-31(42)36-15-11-14-23(18-22-12-9-8-10-13-22)29(40)38-28(32(43)44-7)34(5,6)46-45-33(27,3)4/h8-14,16-17,23,26-28,39H,15,18-19,35H2,1-7H3,(H,36,42)(H,37,41)(H,38,40)/b14-11+/t23-,26+,27+,28?/m1/s1. The van der Waals surface area contributed by atoms with E-state index in [0.29, 0.717) is 6.42 Å². The lowest BCUT2D eigenvalue weighted by molar-refractivity contribution is -0.146. The molecular weight excluding hydrogens is 625 g/mol. The second-order valence-corrected chi connectivity index (χ2v) is 16.1. The van der Waals surface area contributed by atoms with Gasteiger partial charge in [-0.25, -0.2) is 4.79 Å². The third-order valence-electron chi connectivity index (χ3n) is 7.97. The van der Waals surface area contributed by atoms with Crippen LogP contribution in [0.25, 0.3) is 0 Å². The predicted molar refractivity (Wildman–Crippen MR) is 184 cm³/mol. The first-order chi connectivity index (χ1) is 21.6. The summed E-state index contributed by atoms with van der Waals surface area (Å²) in [6.45, 7) is 11.1. The van der Waals surface area contributed by atoms with E-state index in [1.54, 1.807) is 24.3 Å². The Kier molecular flexibility index (Phi) is 12.8. The smallest absolute Gasteiger partial charge is 0.329 e. The second kappa shape index (κ2) is 15.9. The van der Waals surface area contributed by atoms with Crippen molar-refractivity contribution in [2.45, 2.75) is 82.0 Å². The minimum atomic E-state index is -1.00. The molecule has 12 heteroatoms. The highest BCUT2D eigenvalue weighted by molar-refractivity contribution is 8.77. The number of hydrogen-bond acceptors (Lipinski definition) is 9. The van der Waals surface area contributed by atoms with Gasteiger partial charge in [0.2, 0.25) is 17.7 Å². The lowest BCUT2D eigenvalue weighted by atomic mass is 9.95. The summed E-state index contributed by atoms with van der Waals surface area (Å²) in [6, 6.07) is 9.82. The van der Waals surface area contributed by atoms with Crippen LogP contribution in [-0.2, 0) is 36.8 Å². The van der Waals surface area contributed by atoms with Gasteiger partial charge in [-0.15, -0.1) is 0 Å². The number of phenolic OH excluding ortho intramolecular Hbond substituents is 1. The van der Waals surface area contributed by atoms with Gasteiger partial charge in [-0.2, -0.15) is 0 Å². The van der Waals surface area contributed by atoms with Gasteiger partial charge in [-0.3, -0.25) is 14.4 Å². The fourth-order valence-electron chi connectivity index (χ4n) is 5.21. The molecule has 3 amide bonds. The number of methoxy groups -OCH3 is 1. The maximum atomic E-state index is 13.7. The first-order valence-electron chi connectivity index (χ1n) is 15.1. The quantitative estimate of drug-likeness (QED) is 0.169. The van der Waals surface area contributed by atoms with Crippen molar-refractivity contribution in [2.24, 2.45) is 11.7 Å². The number of aromatic hydroxyl groups is 1. The van der Waals surface area contributed by atoms with Crippen LogP contribution < -0.4 is 21.7 Å². The molecule has 1 aliphatic rings. The Balaban J connectivity index is 1.92. The zero-order valence-corrected chi connectivity index (χ0v) is 29.1. The van der Waals surface area contributed by atoms with E-state index in [1.165, 1.54) is 28.7 Å². The van der Waals surface area contributed by atoms with E-state index in [9.17, 15) is 24.3 Å². The van der Waals surface area contributed by atoms with Crippen LogP contribution in [0.5, 0.6) is 5.75 Å². The van der Waals surface area contributed by atoms with Crippen LogP contribution >= 0.6 is 21.6 Å². The average Bonchev–Trinajstić information content (AvgIpc) is 3.00. The van der Waals surface area contributed by atoms with Gasteiger partial charge in [0, 0.05) is 11.3 Å². The Hall–Kier alpha value is -3.48. The highest BCUT2D eigenvalue weighted by atomic mass is 33.1. The molecule has 250 valence electrons. The van der Waals surface area contributed by atoms with Crippen molar-refractivity contribution < 1.29 is 29.0 Å². The first-order valence-corrected chi connectivity index (χ1v) is 17.3. The van der Waals surface area contributed by atoms with Gasteiger partial charge in [0.15, 0.2) is 0 Å². The van der Waals surface area contributed by atoms with Gasteiger partial charge >= 0.3 is 5.97 Å². The minimum Gasteiger partial charge on any atom is -0.508 e. The maximum absolute atomic E-state index is 13.7. The molecule has 46 heavy (non-hydrogen) atoms. The van der Waals surface area contributed by atoms with Crippen molar-refractivity contribution in [3.8, 4) is 5.75 Å². The average molecular weight is 671 g/mol. The number of benzene rings is 2. The monoisotopic (exact) mass is 670 g/mol. The van der Waals surface area contributed by atoms with E-state index in [2.05, 4.69) is 16.0 Å². The summed E-state index contributed by atoms with van der Waals surface area (Å²) in [7, 11) is 3.91. The molecule has 0 saturated heterocycles. The lowest BCUT2D eigenvalue weighted by Gasteiger charge is -2.38. The predicted octanol–water partition coefficient (Wildman–Crippen LogP) is 3.50. The zero-order valence-electron chi connectivity index (χ0n) is 27.5. The Morgan fingerprint density at radius 3 is 2.26 bits per heavy atom. The molecule has 1 heterocycles. The molecule has 0 aromatic heterocycles. The van der Waals surface area contributed by atoms with Gasteiger partial charge in [-0.05, 0) is 88.8 Å². The molecular formula is C34H46N4O6S2. The zero-order chi connectivity index (χ0) is 34.2. The third-order valence-corrected chi connectivity index (χ3v) is 12.2. The molecule has 2 aromatic carbocycles. The Morgan fingerprint density at radius 1 is 1.04 bits per heavy atom. The van der Waals surface area contributed by atoms with Gasteiger partial charge in [0.05, 0.1) is 23.8 Å². The Bertz CT molecular complexity index is 1420. The summed E-state index contributed by atoms with van der Waals surface area (Å²) in [5, 5.41) is 18.6. The number of rotatable bonds is 7. The molecule has 0 fully saturated rings. The molecule has 0 saturated carbocycles. The second-order valence-electron chi connectivity index (χ2n) is 12.6. The van der Waals surface area contributed by atoms with Gasteiger partial charge in [-0.1, -0.05) is 64.1 Å². The first kappa shape index (κ1) is 37.0. The Morgan fingerprint density at radius 2 is 1.65 bits per heavy atom. The number of aryl methyl sites for hydroxylation is 2. The van der Waals surface area contributed by atoms with Crippen LogP contribution in [0.1, 0.15) is 49.9 Å². The number of nitrogens with two attached hydrogens (primary N) is 1. The third kappa shape index (κ3) is 9.76. The van der Waals surface area contributed by atoms with Crippen molar-refractivity contribution in [3.05, 3.63) is 76.9 Å². The molecule has 0 aliphatic carbocycles. The normalized spacial score (nSPS) is 23.2. The molecule has 0 bridgehead atoms. The summed E-state index contributed by atoms with van der Waals surface area (Å²) in [5.41, 5.74) is 9.79. The highest BCUT2D eigenvalue weighted by Gasteiger charge is 2.44. The van der Waals surface area contributed by atoms with Crippen LogP contribution in [0, 0.1) is 19.8 Å². The van der Waals surface area contributed by atoms with E-state index in [0.717, 1.165) is 22.3 Å². The fourth-order valence-corrected chi connectivity index (χ4v) is 8.02. The number of nitrogens with one attached hydrogen (secondary N) is 3. The minimum absolute atomic E-state index is 0.113. The van der Waals surface area contributed by atoms with Crippen molar-refractivity contribution >= 4 is 45.3 Å². The number of esters is 1. The molecule has 1 aliphatic heterocycles. The van der Waals surface area contributed by atoms with Crippen LogP contribution in [0.15, 0.2) is 54.6 Å². The summed E-state index contributed by atoms with van der Waals surface area (Å²) in [6.07, 6.45) is 4.02. The van der Waals surface area contributed by atoms with Gasteiger partial charge in [0.1, 0.15) is 17.8 Å². The van der Waals surface area contributed by atoms with Crippen LogP contribution in [-0.4, -0.2) is 70.1 Å². The van der Waals surface area contributed by atoms with Gasteiger partial charge in [0.25, 0.3) is 0 Å². The number of ether oxygens (including phenoxy) is 1. The fraction of sp³-hybridized carbons (Fsp3) is 0.471. The van der Waals surface area contributed by atoms with Gasteiger partial charge < -0.3 is 31.5 Å². The molecule has 2 aromatic rings. The van der Waals surface area contributed by atoms with E-state index < -0.39 is 51.3 Å². The molecule has 3 rings (SSSR count). The number of amides is 3. The maximum Gasteiger partial charge on any atom is 0.329 e. The SMILES string of the molecule is COC(=O)C1NC(=O)[C@@H](Cc2ccccc2)/C=C/CNC(=O)[C@H](NC(=O)[C@@H](N)Cc2c(C)cc(O)cc2C)C(C)(C)SSC1(C)C. The van der Waals surface area contributed by atoms with Crippen molar-refractivity contribution in [1.29, 1.82) is 0 Å². The summed E-state index contributed by atoms with van der Waals surface area (Å²) < 4.78 is 3.32. The summed E-state index contributed by atoms with van der Waals surface area (Å²) in [4.78, 5) is 53.7. The van der Waals surface area contributed by atoms with Crippen molar-refractivity contribution in [3.63, 3.8) is 0 Å². The highest BCUT2D eigenvalue weighted by Crippen LogP contribution is 2.47. The molecule has 4 atom stereocenters. The Labute approximate surface area is 279 Å². The van der Waals surface area contributed by atoms with E-state index in [4.69, 9.17) is 10.5 Å². The lowest BCUT2D eigenvalue weighted by Crippen LogP contribution is -2.59. The molecule has 0 radical (unpaired) electrons.